The Hall–Kier alpha value is -0.650. The summed E-state index contributed by atoms with van der Waals surface area (Å²) in [4.78, 5) is 23.7. The van der Waals surface area contributed by atoms with Crippen LogP contribution in [-0.4, -0.2) is 23.6 Å². The molecule has 2 bridgehead atoms. The second-order valence-corrected chi connectivity index (χ2v) is 7.14. The van der Waals surface area contributed by atoms with Gasteiger partial charge in [0.05, 0.1) is 5.92 Å². The summed E-state index contributed by atoms with van der Waals surface area (Å²) >= 11 is 0. The summed E-state index contributed by atoms with van der Waals surface area (Å²) in [6, 6.07) is 0. The standard InChI is InChI=1S/C15H22O5/c1-8-4-5-11-9(2)12(16)17-13-15(11)10(8)6-7-14(3,18-13)19-20-15/h8-11,13H,4-7H2,1-3H3/t8?,9-,10+,11?,13+,14-,15+/m1/s1. The Labute approximate surface area is 118 Å². The average Bonchev–Trinajstić information content (AvgIpc) is 2.63. The van der Waals surface area contributed by atoms with E-state index in [4.69, 9.17) is 19.2 Å². The van der Waals surface area contributed by atoms with Gasteiger partial charge in [-0.25, -0.2) is 9.78 Å². The van der Waals surface area contributed by atoms with Gasteiger partial charge in [-0.3, -0.25) is 4.79 Å². The Balaban J connectivity index is 1.84. The third kappa shape index (κ3) is 1.46. The molecular weight excluding hydrogens is 260 g/mol. The average molecular weight is 282 g/mol. The molecule has 0 radical (unpaired) electrons. The maximum atomic E-state index is 12.1. The summed E-state index contributed by atoms with van der Waals surface area (Å²) in [5, 5.41) is 0. The van der Waals surface area contributed by atoms with Crippen molar-refractivity contribution in [2.45, 2.75) is 64.1 Å². The second-order valence-electron chi connectivity index (χ2n) is 7.14. The van der Waals surface area contributed by atoms with Crippen molar-refractivity contribution >= 4 is 5.97 Å². The molecule has 112 valence electrons. The molecule has 1 aliphatic carbocycles. The molecule has 0 aromatic rings. The predicted octanol–water partition coefficient (Wildman–Crippen LogP) is 2.39. The molecule has 5 heteroatoms. The zero-order valence-corrected chi connectivity index (χ0v) is 12.3. The number of hydrogen-bond donors (Lipinski definition) is 0. The van der Waals surface area contributed by atoms with E-state index in [2.05, 4.69) is 6.92 Å². The molecule has 5 rings (SSSR count). The fourth-order valence-corrected chi connectivity index (χ4v) is 4.76. The lowest BCUT2D eigenvalue weighted by Crippen LogP contribution is -2.69. The van der Waals surface area contributed by atoms with E-state index >= 15 is 0 Å². The van der Waals surface area contributed by atoms with E-state index in [0.29, 0.717) is 11.8 Å². The monoisotopic (exact) mass is 282 g/mol. The van der Waals surface area contributed by atoms with Crippen LogP contribution in [0.4, 0.5) is 0 Å². The highest BCUT2D eigenvalue weighted by Crippen LogP contribution is 2.59. The molecule has 0 aromatic carbocycles. The first kappa shape index (κ1) is 13.0. The molecule has 0 aromatic heterocycles. The Morgan fingerprint density at radius 2 is 1.90 bits per heavy atom. The molecule has 5 fully saturated rings. The molecule has 20 heavy (non-hydrogen) atoms. The SMILES string of the molecule is CC1CCC2[C@@H](C)C(=O)O[C@H]3O[C@@]4(C)CC[C@@H]1[C@]23OO4. The number of ether oxygens (including phenoxy) is 2. The molecule has 1 spiro atoms. The number of fused-ring (bicyclic) bond motifs is 2. The third-order valence-corrected chi connectivity index (χ3v) is 5.97. The van der Waals surface area contributed by atoms with Crippen molar-refractivity contribution in [2.75, 3.05) is 0 Å². The Kier molecular flexibility index (Phi) is 2.58. The molecule has 0 N–H and O–H groups in total. The van der Waals surface area contributed by atoms with Gasteiger partial charge >= 0.3 is 5.97 Å². The smallest absolute Gasteiger partial charge is 0.311 e. The first-order valence-electron chi connectivity index (χ1n) is 7.71. The van der Waals surface area contributed by atoms with Crippen molar-refractivity contribution in [3.05, 3.63) is 0 Å². The van der Waals surface area contributed by atoms with E-state index in [9.17, 15) is 4.79 Å². The molecule has 1 saturated carbocycles. The largest absolute Gasteiger partial charge is 0.432 e. The van der Waals surface area contributed by atoms with Crippen molar-refractivity contribution in [3.8, 4) is 0 Å². The molecule has 0 amide bonds. The minimum atomic E-state index is -0.793. The van der Waals surface area contributed by atoms with Crippen LogP contribution in [0.15, 0.2) is 0 Å². The maximum Gasteiger partial charge on any atom is 0.311 e. The number of esters is 1. The van der Waals surface area contributed by atoms with Gasteiger partial charge in [0.15, 0.2) is 5.60 Å². The molecule has 4 heterocycles. The third-order valence-electron chi connectivity index (χ3n) is 5.97. The summed E-state index contributed by atoms with van der Waals surface area (Å²) in [5.74, 6) is -0.137. The van der Waals surface area contributed by atoms with Crippen LogP contribution in [0.5, 0.6) is 0 Å². The topological polar surface area (TPSA) is 54.0 Å². The van der Waals surface area contributed by atoms with Gasteiger partial charge in [0.2, 0.25) is 12.1 Å². The van der Waals surface area contributed by atoms with Gasteiger partial charge in [-0.05, 0) is 32.1 Å². The van der Waals surface area contributed by atoms with Gasteiger partial charge in [0.1, 0.15) is 0 Å². The van der Waals surface area contributed by atoms with Crippen LogP contribution in [0, 0.1) is 23.7 Å². The van der Waals surface area contributed by atoms with Crippen LogP contribution in [0.2, 0.25) is 0 Å². The van der Waals surface area contributed by atoms with Gasteiger partial charge in [-0.15, -0.1) is 0 Å². The molecule has 5 nitrogen and oxygen atoms in total. The van der Waals surface area contributed by atoms with E-state index in [-0.39, 0.29) is 17.8 Å². The predicted molar refractivity (Wildman–Crippen MR) is 68.0 cm³/mol. The number of hydrogen-bond acceptors (Lipinski definition) is 5. The van der Waals surface area contributed by atoms with Crippen LogP contribution in [0.1, 0.15) is 46.5 Å². The van der Waals surface area contributed by atoms with Crippen molar-refractivity contribution in [1.82, 2.24) is 0 Å². The van der Waals surface area contributed by atoms with E-state index < -0.39 is 17.7 Å². The lowest BCUT2D eigenvalue weighted by atomic mass is 9.58. The highest BCUT2D eigenvalue weighted by Gasteiger charge is 2.69. The van der Waals surface area contributed by atoms with Crippen molar-refractivity contribution in [2.24, 2.45) is 23.7 Å². The van der Waals surface area contributed by atoms with Crippen LogP contribution in [0.3, 0.4) is 0 Å². The number of rotatable bonds is 0. The summed E-state index contributed by atoms with van der Waals surface area (Å²) in [5.41, 5.74) is -0.610. The van der Waals surface area contributed by atoms with E-state index in [0.717, 1.165) is 25.7 Å². The molecule has 5 aliphatic rings. The summed E-state index contributed by atoms with van der Waals surface area (Å²) in [6.45, 7) is 6.06. The zero-order chi connectivity index (χ0) is 14.1. The molecule has 2 unspecified atom stereocenters. The summed E-state index contributed by atoms with van der Waals surface area (Å²) in [6.07, 6.45) is 3.24. The van der Waals surface area contributed by atoms with E-state index in [1.807, 2.05) is 13.8 Å². The molecular formula is C15H22O5. The van der Waals surface area contributed by atoms with Gasteiger partial charge in [0, 0.05) is 18.3 Å². The fraction of sp³-hybridized carbons (Fsp3) is 0.933. The van der Waals surface area contributed by atoms with Crippen molar-refractivity contribution < 1.29 is 24.0 Å². The Morgan fingerprint density at radius 1 is 1.10 bits per heavy atom. The van der Waals surface area contributed by atoms with E-state index in [1.165, 1.54) is 0 Å². The first-order valence-corrected chi connectivity index (χ1v) is 7.71. The first-order chi connectivity index (χ1) is 9.46. The number of carbonyl (C=O) groups is 1. The maximum absolute atomic E-state index is 12.1. The molecule has 4 aliphatic heterocycles. The van der Waals surface area contributed by atoms with Crippen LogP contribution in [-0.2, 0) is 24.0 Å². The molecule has 4 saturated heterocycles. The summed E-state index contributed by atoms with van der Waals surface area (Å²) in [7, 11) is 0. The van der Waals surface area contributed by atoms with Gasteiger partial charge in [-0.1, -0.05) is 13.8 Å². The van der Waals surface area contributed by atoms with Gasteiger partial charge in [-0.2, -0.15) is 0 Å². The van der Waals surface area contributed by atoms with Gasteiger partial charge in [0.25, 0.3) is 0 Å². The Bertz CT molecular complexity index is 452. The second kappa shape index (κ2) is 3.96. The highest BCUT2D eigenvalue weighted by molar-refractivity contribution is 5.74. The Morgan fingerprint density at radius 3 is 2.70 bits per heavy atom. The zero-order valence-electron chi connectivity index (χ0n) is 12.3. The minimum Gasteiger partial charge on any atom is -0.432 e. The van der Waals surface area contributed by atoms with Crippen molar-refractivity contribution in [1.29, 1.82) is 0 Å². The van der Waals surface area contributed by atoms with Crippen LogP contribution < -0.4 is 0 Å². The normalized spacial score (nSPS) is 57.8. The lowest BCUT2D eigenvalue weighted by Gasteiger charge is -2.57. The highest BCUT2D eigenvalue weighted by atomic mass is 17.3. The van der Waals surface area contributed by atoms with Crippen molar-refractivity contribution in [3.63, 3.8) is 0 Å². The lowest BCUT2D eigenvalue weighted by molar-refractivity contribution is -0.559. The quantitative estimate of drug-likeness (QED) is 0.504. The van der Waals surface area contributed by atoms with Crippen LogP contribution >= 0.6 is 0 Å². The fourth-order valence-electron chi connectivity index (χ4n) is 4.76. The van der Waals surface area contributed by atoms with Gasteiger partial charge < -0.3 is 9.47 Å². The van der Waals surface area contributed by atoms with E-state index in [1.54, 1.807) is 0 Å². The molecule has 7 atom stereocenters. The van der Waals surface area contributed by atoms with Crippen LogP contribution in [0.25, 0.3) is 0 Å². The summed E-state index contributed by atoms with van der Waals surface area (Å²) < 4.78 is 11.6. The number of carbonyl (C=O) groups excluding carboxylic acids is 1. The minimum absolute atomic E-state index is 0.123.